The molecule has 0 fully saturated rings. The Labute approximate surface area is 202 Å². The molecule has 4 rings (SSSR count). The first-order valence-corrected chi connectivity index (χ1v) is 11.2. The number of aliphatic hydroxyl groups is 2. The molecule has 0 radical (unpaired) electrons. The third-order valence-electron chi connectivity index (χ3n) is 5.62. The van der Waals surface area contributed by atoms with Gasteiger partial charge in [-0.25, -0.2) is 0 Å². The molecular weight excluding hydrogens is 450 g/mol. The Morgan fingerprint density at radius 3 is 2.43 bits per heavy atom. The van der Waals surface area contributed by atoms with Gasteiger partial charge in [-0.05, 0) is 37.3 Å². The number of aliphatic hydroxyl groups excluding tert-OH is 2. The fraction of sp³-hybridized carbons (Fsp3) is 0.308. The van der Waals surface area contributed by atoms with Crippen LogP contribution in [0, 0.1) is 12.3 Å². The molecule has 2 heterocycles. The van der Waals surface area contributed by atoms with Gasteiger partial charge in [0.25, 0.3) is 11.8 Å². The van der Waals surface area contributed by atoms with Crippen LogP contribution in [-0.4, -0.2) is 45.3 Å². The highest BCUT2D eigenvalue weighted by Crippen LogP contribution is 2.46. The summed E-state index contributed by atoms with van der Waals surface area (Å²) in [5.74, 6) is -0.408. The monoisotopic (exact) mass is 477 g/mol. The molecule has 2 aromatic carbocycles. The van der Waals surface area contributed by atoms with E-state index in [-0.39, 0.29) is 24.6 Å². The quantitative estimate of drug-likeness (QED) is 0.524. The van der Waals surface area contributed by atoms with Crippen molar-refractivity contribution >= 4 is 17.4 Å². The van der Waals surface area contributed by atoms with E-state index in [1.54, 1.807) is 76.2 Å². The fourth-order valence-electron chi connectivity index (χ4n) is 3.97. The van der Waals surface area contributed by atoms with Gasteiger partial charge >= 0.3 is 0 Å². The van der Waals surface area contributed by atoms with Crippen molar-refractivity contribution in [2.45, 2.75) is 33.7 Å². The lowest BCUT2D eigenvalue weighted by atomic mass is 9.82. The highest BCUT2D eigenvalue weighted by Gasteiger charge is 2.47. The number of aromatic nitrogens is 2. The smallest absolute Gasteiger partial charge is 0.294 e. The molecule has 1 unspecified atom stereocenters. The van der Waals surface area contributed by atoms with Gasteiger partial charge in [0.15, 0.2) is 17.4 Å². The number of hydrogen-bond acceptors (Lipinski definition) is 8. The number of Topliss-reactive ketones (excluding diaryl/α,β-unsaturated/α-hetero) is 1. The number of amides is 1. The van der Waals surface area contributed by atoms with Crippen molar-refractivity contribution in [2.24, 2.45) is 5.41 Å². The lowest BCUT2D eigenvalue weighted by Gasteiger charge is -2.30. The summed E-state index contributed by atoms with van der Waals surface area (Å²) in [4.78, 5) is 32.4. The number of para-hydroxylation sites is 1. The molecule has 2 N–H and O–H groups in total. The third-order valence-corrected chi connectivity index (χ3v) is 5.62. The van der Waals surface area contributed by atoms with Gasteiger partial charge in [0.2, 0.25) is 0 Å². The van der Waals surface area contributed by atoms with E-state index in [0.717, 1.165) is 0 Å². The zero-order valence-corrected chi connectivity index (χ0v) is 20.0. The van der Waals surface area contributed by atoms with Crippen LogP contribution < -0.4 is 9.64 Å². The van der Waals surface area contributed by atoms with Crippen LogP contribution >= 0.6 is 0 Å². The van der Waals surface area contributed by atoms with E-state index in [0.29, 0.717) is 34.3 Å². The van der Waals surface area contributed by atoms with Crippen LogP contribution in [0.4, 0.5) is 5.69 Å². The number of hydrogen-bond donors (Lipinski definition) is 2. The van der Waals surface area contributed by atoms with Crippen LogP contribution in [0.1, 0.15) is 38.2 Å². The zero-order chi connectivity index (χ0) is 25.3. The molecule has 0 spiro atoms. The number of ether oxygens (including phenoxy) is 1. The molecule has 1 aliphatic heterocycles. The molecule has 0 aliphatic carbocycles. The standard InChI is InChI=1S/C26H27N3O6/c1-15-27-24(35-28-15)16-9-11-17(12-10-16)29-21(18-7-5-6-8-19(18)34-14-13-30)20(22(31)25(29)33)23(32)26(2,3)4/h5-12,21,30-31H,13-14H2,1-4H3. The first kappa shape index (κ1) is 24.2. The number of benzene rings is 2. The van der Waals surface area contributed by atoms with Crippen LogP contribution in [0.2, 0.25) is 0 Å². The van der Waals surface area contributed by atoms with Crippen molar-refractivity contribution in [1.82, 2.24) is 10.1 Å². The molecule has 0 saturated carbocycles. The number of carbonyl (C=O) groups excluding carboxylic acids is 2. The topological polar surface area (TPSA) is 126 Å². The molecule has 1 atom stereocenters. The Balaban J connectivity index is 1.83. The summed E-state index contributed by atoms with van der Waals surface area (Å²) in [6.45, 7) is 6.74. The fourth-order valence-corrected chi connectivity index (χ4v) is 3.97. The summed E-state index contributed by atoms with van der Waals surface area (Å²) in [6, 6.07) is 12.9. The Morgan fingerprint density at radius 1 is 1.14 bits per heavy atom. The minimum absolute atomic E-state index is 0.000786. The van der Waals surface area contributed by atoms with E-state index in [1.165, 1.54) is 4.90 Å². The maximum Gasteiger partial charge on any atom is 0.294 e. The van der Waals surface area contributed by atoms with E-state index >= 15 is 0 Å². The normalized spacial score (nSPS) is 16.2. The largest absolute Gasteiger partial charge is 0.503 e. The maximum absolute atomic E-state index is 13.4. The van der Waals surface area contributed by atoms with Gasteiger partial charge in [0.1, 0.15) is 12.4 Å². The molecule has 1 aliphatic rings. The number of rotatable bonds is 7. The molecule has 1 amide bonds. The van der Waals surface area contributed by atoms with Crippen molar-refractivity contribution in [3.05, 3.63) is 71.3 Å². The molecule has 182 valence electrons. The van der Waals surface area contributed by atoms with E-state index in [1.807, 2.05) is 0 Å². The number of aryl methyl sites for hydroxylation is 1. The first-order valence-electron chi connectivity index (χ1n) is 11.2. The second-order valence-electron chi connectivity index (χ2n) is 9.22. The van der Waals surface area contributed by atoms with Crippen molar-refractivity contribution in [2.75, 3.05) is 18.1 Å². The van der Waals surface area contributed by atoms with E-state index in [4.69, 9.17) is 9.26 Å². The first-order chi connectivity index (χ1) is 16.6. The summed E-state index contributed by atoms with van der Waals surface area (Å²) in [6.07, 6.45) is 0. The maximum atomic E-state index is 13.4. The summed E-state index contributed by atoms with van der Waals surface area (Å²) < 4.78 is 10.9. The number of carbonyl (C=O) groups is 2. The van der Waals surface area contributed by atoms with Crippen molar-refractivity contribution in [3.8, 4) is 17.2 Å². The molecule has 9 heteroatoms. The highest BCUT2D eigenvalue weighted by atomic mass is 16.5. The molecule has 0 bridgehead atoms. The zero-order valence-electron chi connectivity index (χ0n) is 20.0. The van der Waals surface area contributed by atoms with Crippen molar-refractivity contribution < 1.29 is 29.1 Å². The lowest BCUT2D eigenvalue weighted by Crippen LogP contribution is -2.33. The molecule has 0 saturated heterocycles. The average Bonchev–Trinajstić information content (AvgIpc) is 3.38. The minimum Gasteiger partial charge on any atom is -0.503 e. The van der Waals surface area contributed by atoms with E-state index in [9.17, 15) is 19.8 Å². The van der Waals surface area contributed by atoms with E-state index < -0.39 is 23.1 Å². The Bertz CT molecular complexity index is 1290. The minimum atomic E-state index is -0.930. The summed E-state index contributed by atoms with van der Waals surface area (Å²) in [5.41, 5.74) is 0.785. The summed E-state index contributed by atoms with van der Waals surface area (Å²) in [5, 5.41) is 24.0. The Morgan fingerprint density at radius 2 is 1.83 bits per heavy atom. The summed E-state index contributed by atoms with van der Waals surface area (Å²) in [7, 11) is 0. The van der Waals surface area contributed by atoms with Gasteiger partial charge in [-0.3, -0.25) is 14.5 Å². The van der Waals surface area contributed by atoms with Gasteiger partial charge in [-0.2, -0.15) is 4.98 Å². The lowest BCUT2D eigenvalue weighted by molar-refractivity contribution is -0.123. The highest BCUT2D eigenvalue weighted by molar-refractivity contribution is 6.17. The molecule has 3 aromatic rings. The molecule has 1 aromatic heterocycles. The van der Waals surface area contributed by atoms with Crippen LogP contribution in [0.15, 0.2) is 64.4 Å². The molecule has 9 nitrogen and oxygen atoms in total. The molecule has 35 heavy (non-hydrogen) atoms. The van der Waals surface area contributed by atoms with Crippen LogP contribution in [-0.2, 0) is 9.59 Å². The van der Waals surface area contributed by atoms with Crippen LogP contribution in [0.25, 0.3) is 11.5 Å². The average molecular weight is 478 g/mol. The summed E-state index contributed by atoms with van der Waals surface area (Å²) >= 11 is 0. The number of anilines is 1. The van der Waals surface area contributed by atoms with Gasteiger partial charge in [0.05, 0.1) is 18.2 Å². The predicted molar refractivity (Wildman–Crippen MR) is 128 cm³/mol. The predicted octanol–water partition coefficient (Wildman–Crippen LogP) is 3.93. The van der Waals surface area contributed by atoms with Gasteiger partial charge < -0.3 is 19.5 Å². The SMILES string of the molecule is Cc1noc(-c2ccc(N3C(=O)C(O)=C(C(=O)C(C)(C)C)C3c3ccccc3OCCO)cc2)n1. The number of nitrogens with zero attached hydrogens (tertiary/aromatic N) is 3. The van der Waals surface area contributed by atoms with Gasteiger partial charge in [0, 0.05) is 22.2 Å². The molecular formula is C26H27N3O6. The Kier molecular flexibility index (Phi) is 6.45. The van der Waals surface area contributed by atoms with Crippen molar-refractivity contribution in [1.29, 1.82) is 0 Å². The van der Waals surface area contributed by atoms with Crippen LogP contribution in [0.5, 0.6) is 5.75 Å². The second kappa shape index (κ2) is 9.34. The second-order valence-corrected chi connectivity index (χ2v) is 9.22. The van der Waals surface area contributed by atoms with E-state index in [2.05, 4.69) is 10.1 Å². The van der Waals surface area contributed by atoms with Crippen molar-refractivity contribution in [3.63, 3.8) is 0 Å². The third kappa shape index (κ3) is 4.54. The van der Waals surface area contributed by atoms with Crippen LogP contribution in [0.3, 0.4) is 0 Å². The number of ketones is 1. The van der Waals surface area contributed by atoms with Gasteiger partial charge in [-0.15, -0.1) is 0 Å². The Hall–Kier alpha value is -3.98. The van der Waals surface area contributed by atoms with Gasteiger partial charge in [-0.1, -0.05) is 44.1 Å².